The van der Waals surface area contributed by atoms with E-state index in [0.717, 1.165) is 17.1 Å². The van der Waals surface area contributed by atoms with Crippen LogP contribution in [-0.4, -0.2) is 0 Å². The number of hydrogen-bond donors (Lipinski definition) is 0. The summed E-state index contributed by atoms with van der Waals surface area (Å²) in [5, 5.41) is 2.51. The van der Waals surface area contributed by atoms with Crippen LogP contribution in [0.1, 0.15) is 0 Å². The summed E-state index contributed by atoms with van der Waals surface area (Å²) in [6.07, 6.45) is 0. The van der Waals surface area contributed by atoms with Crippen molar-refractivity contribution in [2.45, 2.75) is 0 Å². The van der Waals surface area contributed by atoms with Gasteiger partial charge in [-0.1, -0.05) is 66.7 Å². The molecule has 4 aromatic rings. The highest BCUT2D eigenvalue weighted by molar-refractivity contribution is 5.87. The summed E-state index contributed by atoms with van der Waals surface area (Å²) >= 11 is 0. The van der Waals surface area contributed by atoms with Gasteiger partial charge in [-0.3, -0.25) is 0 Å². The van der Waals surface area contributed by atoms with E-state index in [0.29, 0.717) is 0 Å². The van der Waals surface area contributed by atoms with Crippen LogP contribution in [0.2, 0.25) is 0 Å². The Labute approximate surface area is 135 Å². The van der Waals surface area contributed by atoms with Gasteiger partial charge in [0.15, 0.2) is 0 Å². The Morgan fingerprint density at radius 2 is 1.13 bits per heavy atom. The molecule has 0 bridgehead atoms. The molecule has 0 aliphatic rings. The number of rotatable bonds is 3. The highest BCUT2D eigenvalue weighted by Crippen LogP contribution is 2.29. The number of fused-ring (bicyclic) bond motifs is 1. The fourth-order valence-electron chi connectivity index (χ4n) is 2.73. The highest BCUT2D eigenvalue weighted by Gasteiger charge is 2.02. The summed E-state index contributed by atoms with van der Waals surface area (Å²) < 4.78 is 5.93. The molecule has 4 rings (SSSR count). The largest absolute Gasteiger partial charge is 0.457 e. The van der Waals surface area contributed by atoms with E-state index in [4.69, 9.17) is 4.74 Å². The average Bonchev–Trinajstić information content (AvgIpc) is 2.62. The molecule has 0 saturated carbocycles. The molecule has 1 nitrogen and oxygen atoms in total. The van der Waals surface area contributed by atoms with E-state index >= 15 is 0 Å². The second-order valence-corrected chi connectivity index (χ2v) is 5.50. The van der Waals surface area contributed by atoms with Crippen molar-refractivity contribution in [2.24, 2.45) is 0 Å². The van der Waals surface area contributed by atoms with Crippen LogP contribution in [0.3, 0.4) is 0 Å². The molecule has 0 saturated heterocycles. The maximum Gasteiger partial charge on any atom is 0.128 e. The van der Waals surface area contributed by atoms with Crippen molar-refractivity contribution in [3.8, 4) is 22.6 Å². The van der Waals surface area contributed by atoms with Gasteiger partial charge in [0.1, 0.15) is 11.5 Å². The minimum atomic E-state index is 0.849. The van der Waals surface area contributed by atoms with E-state index in [2.05, 4.69) is 54.6 Å². The normalized spacial score (nSPS) is 10.6. The first kappa shape index (κ1) is 13.6. The van der Waals surface area contributed by atoms with E-state index in [1.165, 1.54) is 16.3 Å². The first-order valence-corrected chi connectivity index (χ1v) is 7.71. The minimum Gasteiger partial charge on any atom is -0.457 e. The molecule has 23 heavy (non-hydrogen) atoms. The van der Waals surface area contributed by atoms with Gasteiger partial charge in [0.05, 0.1) is 0 Å². The first-order chi connectivity index (χ1) is 11.4. The van der Waals surface area contributed by atoms with Gasteiger partial charge in [0.2, 0.25) is 0 Å². The van der Waals surface area contributed by atoms with Crippen LogP contribution in [0.15, 0.2) is 97.1 Å². The van der Waals surface area contributed by atoms with Gasteiger partial charge in [0.25, 0.3) is 0 Å². The van der Waals surface area contributed by atoms with Crippen molar-refractivity contribution >= 4 is 10.8 Å². The number of hydrogen-bond acceptors (Lipinski definition) is 1. The lowest BCUT2D eigenvalue weighted by atomic mass is 10.0. The van der Waals surface area contributed by atoms with Crippen LogP contribution in [0.5, 0.6) is 11.5 Å². The van der Waals surface area contributed by atoms with Crippen LogP contribution >= 0.6 is 0 Å². The van der Waals surface area contributed by atoms with Crippen LogP contribution in [0.25, 0.3) is 21.9 Å². The zero-order chi connectivity index (χ0) is 15.5. The third-order valence-corrected chi connectivity index (χ3v) is 3.90. The smallest absolute Gasteiger partial charge is 0.128 e. The lowest BCUT2D eigenvalue weighted by Gasteiger charge is -2.08. The standard InChI is InChI=1S/C22H16O/c1-2-10-21(11-3-1)23-22-12-6-9-19(16-22)20-14-13-17-7-4-5-8-18(17)15-20/h1-16H. The number of ether oxygens (including phenoxy) is 1. The Kier molecular flexibility index (Phi) is 3.53. The maximum absolute atomic E-state index is 5.93. The number of benzene rings is 4. The molecule has 1 heteroatoms. The second-order valence-electron chi connectivity index (χ2n) is 5.50. The van der Waals surface area contributed by atoms with Crippen LogP contribution in [-0.2, 0) is 0 Å². The lowest BCUT2D eigenvalue weighted by molar-refractivity contribution is 0.483. The molecule has 0 spiro atoms. The molecule has 110 valence electrons. The third-order valence-electron chi connectivity index (χ3n) is 3.90. The molecule has 0 amide bonds. The van der Waals surface area contributed by atoms with E-state index in [9.17, 15) is 0 Å². The summed E-state index contributed by atoms with van der Waals surface area (Å²) in [5.74, 6) is 1.70. The van der Waals surface area contributed by atoms with Crippen molar-refractivity contribution in [2.75, 3.05) is 0 Å². The van der Waals surface area contributed by atoms with Gasteiger partial charge in [-0.25, -0.2) is 0 Å². The Balaban J connectivity index is 1.69. The van der Waals surface area contributed by atoms with Crippen LogP contribution in [0, 0.1) is 0 Å². The molecule has 0 heterocycles. The van der Waals surface area contributed by atoms with Gasteiger partial charge in [0, 0.05) is 0 Å². The molecule has 0 aliphatic heterocycles. The Bertz CT molecular complexity index is 942. The van der Waals surface area contributed by atoms with Crippen molar-refractivity contribution in [3.05, 3.63) is 97.1 Å². The molecule has 0 fully saturated rings. The molecule has 0 aromatic heterocycles. The Hall–Kier alpha value is -3.06. The molecule has 0 radical (unpaired) electrons. The van der Waals surface area contributed by atoms with Crippen molar-refractivity contribution in [3.63, 3.8) is 0 Å². The Morgan fingerprint density at radius 1 is 0.435 bits per heavy atom. The topological polar surface area (TPSA) is 9.23 Å². The van der Waals surface area contributed by atoms with E-state index in [-0.39, 0.29) is 0 Å². The molecule has 4 aromatic carbocycles. The van der Waals surface area contributed by atoms with Crippen molar-refractivity contribution in [1.82, 2.24) is 0 Å². The van der Waals surface area contributed by atoms with E-state index in [1.54, 1.807) is 0 Å². The van der Waals surface area contributed by atoms with Gasteiger partial charge in [-0.05, 0) is 52.2 Å². The summed E-state index contributed by atoms with van der Waals surface area (Å²) in [6.45, 7) is 0. The van der Waals surface area contributed by atoms with E-state index in [1.807, 2.05) is 42.5 Å². The van der Waals surface area contributed by atoms with E-state index < -0.39 is 0 Å². The van der Waals surface area contributed by atoms with Crippen LogP contribution in [0.4, 0.5) is 0 Å². The Morgan fingerprint density at radius 3 is 2.00 bits per heavy atom. The molecule has 0 aliphatic carbocycles. The monoisotopic (exact) mass is 296 g/mol. The minimum absolute atomic E-state index is 0.849. The summed E-state index contributed by atoms with van der Waals surface area (Å²) in [6, 6.07) is 33.0. The molecular weight excluding hydrogens is 280 g/mol. The molecule has 0 atom stereocenters. The molecular formula is C22H16O. The number of para-hydroxylation sites is 1. The summed E-state index contributed by atoms with van der Waals surface area (Å²) in [4.78, 5) is 0. The quantitative estimate of drug-likeness (QED) is 0.431. The average molecular weight is 296 g/mol. The van der Waals surface area contributed by atoms with Gasteiger partial charge in [-0.2, -0.15) is 0 Å². The fraction of sp³-hybridized carbons (Fsp3) is 0. The zero-order valence-corrected chi connectivity index (χ0v) is 12.6. The highest BCUT2D eigenvalue weighted by atomic mass is 16.5. The first-order valence-electron chi connectivity index (χ1n) is 7.71. The summed E-state index contributed by atoms with van der Waals surface area (Å²) in [7, 11) is 0. The predicted molar refractivity (Wildman–Crippen MR) is 95.9 cm³/mol. The zero-order valence-electron chi connectivity index (χ0n) is 12.6. The van der Waals surface area contributed by atoms with Gasteiger partial charge in [-0.15, -0.1) is 0 Å². The molecule has 0 N–H and O–H groups in total. The maximum atomic E-state index is 5.93. The van der Waals surface area contributed by atoms with Crippen molar-refractivity contribution < 1.29 is 4.74 Å². The van der Waals surface area contributed by atoms with Gasteiger partial charge < -0.3 is 4.74 Å². The molecule has 0 unspecified atom stereocenters. The third kappa shape index (κ3) is 2.95. The predicted octanol–water partition coefficient (Wildman–Crippen LogP) is 6.30. The lowest BCUT2D eigenvalue weighted by Crippen LogP contribution is -1.85. The van der Waals surface area contributed by atoms with Gasteiger partial charge >= 0.3 is 0 Å². The summed E-state index contributed by atoms with van der Waals surface area (Å²) in [5.41, 5.74) is 2.35. The SMILES string of the molecule is c1ccc(Oc2cccc(-c3ccc4ccccc4c3)c2)cc1. The second kappa shape index (κ2) is 5.98. The van der Waals surface area contributed by atoms with Crippen LogP contribution < -0.4 is 4.74 Å². The van der Waals surface area contributed by atoms with Crippen molar-refractivity contribution in [1.29, 1.82) is 0 Å². The fourth-order valence-corrected chi connectivity index (χ4v) is 2.73.